The third kappa shape index (κ3) is 5.57. The molecule has 0 aliphatic carbocycles. The smallest absolute Gasteiger partial charge is 0.235 e. The molecule has 1 aliphatic heterocycles. The van der Waals surface area contributed by atoms with Gasteiger partial charge in [-0.05, 0) is 50.9 Å². The quantitative estimate of drug-likeness (QED) is 0.157. The highest BCUT2D eigenvalue weighted by atomic mass is 31.2. The number of fused-ring (bicyclic) bond motifs is 9. The van der Waals surface area contributed by atoms with E-state index in [4.69, 9.17) is 9.97 Å². The maximum absolute atomic E-state index is 16.2. The molecule has 5 heteroatoms. The van der Waals surface area contributed by atoms with Crippen molar-refractivity contribution in [3.05, 3.63) is 218 Å². The number of rotatable bonds is 6. The van der Waals surface area contributed by atoms with Crippen LogP contribution in [0.1, 0.15) is 0 Å². The van der Waals surface area contributed by atoms with E-state index in [9.17, 15) is 0 Å². The molecule has 12 rings (SSSR count). The highest BCUT2D eigenvalue weighted by Gasteiger charge is 2.42. The first-order valence-corrected chi connectivity index (χ1v) is 22.3. The average molecular weight is 798 g/mol. The molecule has 9 aromatic carbocycles. The number of aromatic nitrogens is 3. The number of benzene rings is 9. The van der Waals surface area contributed by atoms with Gasteiger partial charge in [0.15, 0.2) is 7.14 Å². The maximum Gasteiger partial charge on any atom is 0.235 e. The summed E-state index contributed by atoms with van der Waals surface area (Å²) in [6.45, 7) is 0. The van der Waals surface area contributed by atoms with Crippen molar-refractivity contribution in [2.24, 2.45) is 0 Å². The summed E-state index contributed by atoms with van der Waals surface area (Å²) >= 11 is 0. The minimum Gasteiger partial charge on any atom is -0.309 e. The Bertz CT molecular complexity index is 3420. The van der Waals surface area contributed by atoms with Gasteiger partial charge in [-0.3, -0.25) is 4.57 Å². The molecular formula is C56H36N3OP. The lowest BCUT2D eigenvalue weighted by Crippen LogP contribution is -2.21. The molecule has 61 heavy (non-hydrogen) atoms. The topological polar surface area (TPSA) is 47.8 Å². The van der Waals surface area contributed by atoms with Gasteiger partial charge in [0.25, 0.3) is 0 Å². The molecule has 0 fully saturated rings. The van der Waals surface area contributed by atoms with E-state index < -0.39 is 7.14 Å². The maximum atomic E-state index is 16.2. The highest BCUT2D eigenvalue weighted by molar-refractivity contribution is 7.86. The lowest BCUT2D eigenvalue weighted by atomic mass is 10.0. The van der Waals surface area contributed by atoms with E-state index in [0.717, 1.165) is 104 Å². The Labute approximate surface area is 353 Å². The van der Waals surface area contributed by atoms with Crippen LogP contribution in [0, 0.1) is 0 Å². The molecule has 0 saturated carbocycles. The predicted octanol–water partition coefficient (Wildman–Crippen LogP) is 13.0. The van der Waals surface area contributed by atoms with Gasteiger partial charge in [0.1, 0.15) is 0 Å². The van der Waals surface area contributed by atoms with E-state index in [1.165, 1.54) is 0 Å². The van der Waals surface area contributed by atoms with Crippen molar-refractivity contribution >= 4 is 55.6 Å². The summed E-state index contributed by atoms with van der Waals surface area (Å²) in [5.41, 5.74) is 12.1. The van der Waals surface area contributed by atoms with E-state index in [2.05, 4.69) is 168 Å². The zero-order valence-corrected chi connectivity index (χ0v) is 33.9. The highest BCUT2D eigenvalue weighted by Crippen LogP contribution is 2.55. The summed E-state index contributed by atoms with van der Waals surface area (Å²) in [5.74, 6) is 0.549. The van der Waals surface area contributed by atoms with Crippen LogP contribution in [0.2, 0.25) is 0 Å². The van der Waals surface area contributed by atoms with Crippen LogP contribution >= 0.6 is 7.14 Å². The summed E-state index contributed by atoms with van der Waals surface area (Å²) in [6.07, 6.45) is 0. The van der Waals surface area contributed by atoms with E-state index in [0.29, 0.717) is 5.95 Å². The van der Waals surface area contributed by atoms with Crippen LogP contribution in [0.4, 0.5) is 0 Å². The van der Waals surface area contributed by atoms with Crippen molar-refractivity contribution in [3.8, 4) is 61.8 Å². The molecule has 0 amide bonds. The SMILES string of the molecule is O=P1(c2ccccc2)c2ccccc2-c2ccc3c(c21)c1ccc2ccccc2c1n3-c1nc(-c2ccc(-c3ccccc3)cc2)cc(-c2ccc(-c3ccccc3)cc2)n1. The predicted molar refractivity (Wildman–Crippen MR) is 254 cm³/mol. The van der Waals surface area contributed by atoms with Crippen LogP contribution in [0.5, 0.6) is 0 Å². The van der Waals surface area contributed by atoms with Gasteiger partial charge in [0.2, 0.25) is 5.95 Å². The second-order valence-corrected chi connectivity index (χ2v) is 18.3. The molecule has 0 bridgehead atoms. The van der Waals surface area contributed by atoms with Gasteiger partial charge in [0, 0.05) is 43.2 Å². The fraction of sp³-hybridized carbons (Fsp3) is 0. The molecule has 3 heterocycles. The van der Waals surface area contributed by atoms with Crippen molar-refractivity contribution in [1.82, 2.24) is 14.5 Å². The fourth-order valence-electron chi connectivity index (χ4n) is 9.36. The molecule has 1 aliphatic rings. The minimum absolute atomic E-state index is 0.549. The molecule has 0 radical (unpaired) electrons. The third-order valence-electron chi connectivity index (χ3n) is 12.2. The standard InChI is InChI=1S/C56H36N3OP/c60-61(44-19-8-3-9-20-44)52-23-13-12-22-46(52)47-34-35-51-53(55(47)61)48-33-32-41-18-10-11-21-45(41)54(48)59(51)56-57-49(42-28-24-39(25-29-42)37-14-4-1-5-15-37)36-50(58-56)43-30-26-40(27-31-43)38-16-6-2-7-17-38/h1-36H. The second kappa shape index (κ2) is 14.0. The van der Waals surface area contributed by atoms with Gasteiger partial charge in [-0.15, -0.1) is 0 Å². The van der Waals surface area contributed by atoms with Crippen LogP contribution in [0.3, 0.4) is 0 Å². The average Bonchev–Trinajstić information content (AvgIpc) is 3.82. The Morgan fingerprint density at radius 3 is 1.57 bits per heavy atom. The van der Waals surface area contributed by atoms with Crippen LogP contribution < -0.4 is 15.9 Å². The molecule has 1 atom stereocenters. The molecule has 0 saturated heterocycles. The van der Waals surface area contributed by atoms with Gasteiger partial charge >= 0.3 is 0 Å². The molecule has 286 valence electrons. The van der Waals surface area contributed by atoms with E-state index in [-0.39, 0.29) is 0 Å². The Balaban J connectivity index is 1.15. The van der Waals surface area contributed by atoms with Crippen LogP contribution in [0.25, 0.3) is 94.4 Å². The van der Waals surface area contributed by atoms with Gasteiger partial charge in [-0.25, -0.2) is 9.97 Å². The van der Waals surface area contributed by atoms with E-state index in [1.54, 1.807) is 0 Å². The van der Waals surface area contributed by atoms with Gasteiger partial charge in [-0.2, -0.15) is 0 Å². The zero-order chi connectivity index (χ0) is 40.5. The first kappa shape index (κ1) is 35.3. The first-order valence-electron chi connectivity index (χ1n) is 20.6. The Hall–Kier alpha value is -7.65. The largest absolute Gasteiger partial charge is 0.309 e. The first-order chi connectivity index (χ1) is 30.1. The van der Waals surface area contributed by atoms with Gasteiger partial charge < -0.3 is 4.57 Å². The summed E-state index contributed by atoms with van der Waals surface area (Å²) in [6, 6.07) is 75.7. The minimum atomic E-state index is -3.32. The fourth-order valence-corrected chi connectivity index (χ4v) is 12.6. The molecule has 4 nitrogen and oxygen atoms in total. The van der Waals surface area contributed by atoms with Crippen LogP contribution in [-0.4, -0.2) is 14.5 Å². The van der Waals surface area contributed by atoms with Crippen molar-refractivity contribution in [3.63, 3.8) is 0 Å². The number of hydrogen-bond acceptors (Lipinski definition) is 3. The summed E-state index contributed by atoms with van der Waals surface area (Å²) in [7, 11) is -3.32. The van der Waals surface area contributed by atoms with Gasteiger partial charge in [-0.1, -0.05) is 206 Å². The van der Waals surface area contributed by atoms with Crippen molar-refractivity contribution < 1.29 is 4.57 Å². The Kier molecular flexibility index (Phi) is 8.09. The molecule has 2 aromatic heterocycles. The van der Waals surface area contributed by atoms with Crippen LogP contribution in [-0.2, 0) is 4.57 Å². The van der Waals surface area contributed by atoms with Gasteiger partial charge in [0.05, 0.1) is 22.4 Å². The zero-order valence-electron chi connectivity index (χ0n) is 33.0. The Morgan fingerprint density at radius 1 is 0.410 bits per heavy atom. The lowest BCUT2D eigenvalue weighted by Gasteiger charge is -2.17. The van der Waals surface area contributed by atoms with Crippen molar-refractivity contribution in [2.75, 3.05) is 0 Å². The summed E-state index contributed by atoms with van der Waals surface area (Å²) in [4.78, 5) is 10.9. The van der Waals surface area contributed by atoms with Crippen molar-refractivity contribution in [1.29, 1.82) is 0 Å². The molecule has 1 unspecified atom stereocenters. The summed E-state index contributed by atoms with van der Waals surface area (Å²) in [5, 5.41) is 6.75. The second-order valence-electron chi connectivity index (χ2n) is 15.7. The van der Waals surface area contributed by atoms with E-state index in [1.807, 2.05) is 54.6 Å². The normalized spacial score (nSPS) is 14.4. The number of hydrogen-bond donors (Lipinski definition) is 0. The molecular weight excluding hydrogens is 762 g/mol. The lowest BCUT2D eigenvalue weighted by molar-refractivity contribution is 0.593. The monoisotopic (exact) mass is 797 g/mol. The van der Waals surface area contributed by atoms with E-state index >= 15 is 4.57 Å². The third-order valence-corrected chi connectivity index (χ3v) is 15.4. The van der Waals surface area contributed by atoms with Crippen LogP contribution in [0.15, 0.2) is 218 Å². The Morgan fingerprint density at radius 2 is 0.934 bits per heavy atom. The molecule has 0 N–H and O–H groups in total. The molecule has 0 spiro atoms. The molecule has 11 aromatic rings. The van der Waals surface area contributed by atoms with Crippen molar-refractivity contribution in [2.45, 2.75) is 0 Å². The number of nitrogens with zero attached hydrogens (tertiary/aromatic N) is 3. The summed E-state index contributed by atoms with van der Waals surface area (Å²) < 4.78 is 18.4.